The molecule has 0 bridgehead atoms. The molecule has 2 aliphatic heterocycles. The molecule has 2 fully saturated rings. The van der Waals surface area contributed by atoms with Crippen LogP contribution in [0.2, 0.25) is 5.02 Å². The Labute approximate surface area is 191 Å². The molecular formula is C23H26ClFN6O. The van der Waals surface area contributed by atoms with Gasteiger partial charge in [-0.3, -0.25) is 0 Å². The molecule has 1 unspecified atom stereocenters. The lowest BCUT2D eigenvalue weighted by Crippen LogP contribution is -2.36. The number of hydrogen-bond acceptors (Lipinski definition) is 6. The maximum Gasteiger partial charge on any atom is 0.180 e. The molecule has 0 spiro atoms. The Hall–Kier alpha value is -2.84. The topological polar surface area (TPSA) is 68.9 Å². The van der Waals surface area contributed by atoms with Crippen molar-refractivity contribution < 1.29 is 9.50 Å². The fraction of sp³-hybridized carbons (Fsp3) is 0.391. The number of hydrogen-bond donors (Lipinski definition) is 2. The molecule has 9 heteroatoms. The minimum atomic E-state index is -0.286. The molecule has 4 heterocycles. The summed E-state index contributed by atoms with van der Waals surface area (Å²) in [7, 11) is 0. The highest BCUT2D eigenvalue weighted by Crippen LogP contribution is 2.39. The van der Waals surface area contributed by atoms with Crippen LogP contribution in [0.4, 0.5) is 15.9 Å². The molecule has 0 radical (unpaired) electrons. The van der Waals surface area contributed by atoms with Gasteiger partial charge in [-0.15, -0.1) is 0 Å². The van der Waals surface area contributed by atoms with Gasteiger partial charge in [0.15, 0.2) is 5.65 Å². The van der Waals surface area contributed by atoms with Crippen molar-refractivity contribution >= 4 is 28.8 Å². The number of benzene rings is 1. The van der Waals surface area contributed by atoms with E-state index in [1.165, 1.54) is 12.1 Å². The first-order valence-corrected chi connectivity index (χ1v) is 11.3. The van der Waals surface area contributed by atoms with E-state index in [-0.39, 0.29) is 18.0 Å². The maximum absolute atomic E-state index is 13.9. The molecule has 2 aromatic heterocycles. The van der Waals surface area contributed by atoms with Crippen LogP contribution < -0.4 is 10.2 Å². The summed E-state index contributed by atoms with van der Waals surface area (Å²) in [6, 6.07) is 6.42. The quantitative estimate of drug-likeness (QED) is 0.599. The number of nitrogens with one attached hydrogen (secondary N) is 1. The Balaban J connectivity index is 1.41. The molecule has 7 nitrogen and oxygen atoms in total. The van der Waals surface area contributed by atoms with Gasteiger partial charge in [-0.2, -0.15) is 5.10 Å². The molecule has 168 valence electrons. The highest BCUT2D eigenvalue weighted by atomic mass is 35.5. The summed E-state index contributed by atoms with van der Waals surface area (Å²) in [6.45, 7) is 6.50. The number of likely N-dealkylation sites (tertiary alicyclic amines) is 1. The SMILES string of the molecule is C=C(Nc1cnn2ccc(N3CCCC3c3cc(F)ccc3Cl)nc12)N1CCC(O)CC1. The minimum Gasteiger partial charge on any atom is -0.393 e. The minimum absolute atomic E-state index is 0.0257. The Kier molecular flexibility index (Phi) is 5.65. The Morgan fingerprint density at radius 3 is 2.81 bits per heavy atom. The fourth-order valence-corrected chi connectivity index (χ4v) is 4.86. The predicted octanol–water partition coefficient (Wildman–Crippen LogP) is 4.20. The summed E-state index contributed by atoms with van der Waals surface area (Å²) in [5.41, 5.74) is 2.25. The summed E-state index contributed by atoms with van der Waals surface area (Å²) >= 11 is 6.40. The molecule has 2 N–H and O–H groups in total. The first-order chi connectivity index (χ1) is 15.5. The number of fused-ring (bicyclic) bond motifs is 1. The number of aliphatic hydroxyl groups is 1. The van der Waals surface area contributed by atoms with E-state index >= 15 is 0 Å². The van der Waals surface area contributed by atoms with Crippen LogP contribution in [0.25, 0.3) is 5.65 Å². The normalized spacial score (nSPS) is 19.7. The van der Waals surface area contributed by atoms with Gasteiger partial charge in [0.1, 0.15) is 17.3 Å². The van der Waals surface area contributed by atoms with Gasteiger partial charge in [-0.25, -0.2) is 13.9 Å². The van der Waals surface area contributed by atoms with Gasteiger partial charge in [-0.1, -0.05) is 18.2 Å². The zero-order chi connectivity index (χ0) is 22.2. The molecule has 1 atom stereocenters. The molecule has 0 saturated carbocycles. The zero-order valence-electron chi connectivity index (χ0n) is 17.7. The monoisotopic (exact) mass is 456 g/mol. The Morgan fingerprint density at radius 2 is 2.00 bits per heavy atom. The van der Waals surface area contributed by atoms with Crippen LogP contribution >= 0.6 is 11.6 Å². The van der Waals surface area contributed by atoms with Gasteiger partial charge in [0.25, 0.3) is 0 Å². The van der Waals surface area contributed by atoms with E-state index in [0.717, 1.165) is 68.2 Å². The van der Waals surface area contributed by atoms with Gasteiger partial charge in [0.2, 0.25) is 0 Å². The zero-order valence-corrected chi connectivity index (χ0v) is 18.5. The number of anilines is 2. The molecule has 2 aliphatic rings. The van der Waals surface area contributed by atoms with Crippen LogP contribution in [0.15, 0.2) is 49.1 Å². The van der Waals surface area contributed by atoms with Crippen molar-refractivity contribution in [2.24, 2.45) is 0 Å². The van der Waals surface area contributed by atoms with E-state index in [4.69, 9.17) is 16.6 Å². The summed E-state index contributed by atoms with van der Waals surface area (Å²) < 4.78 is 15.6. The molecule has 32 heavy (non-hydrogen) atoms. The van der Waals surface area contributed by atoms with E-state index < -0.39 is 0 Å². The third-order valence-electron chi connectivity index (χ3n) is 6.34. The Bertz CT molecular complexity index is 1140. The summed E-state index contributed by atoms with van der Waals surface area (Å²) in [6.07, 6.45) is 6.71. The van der Waals surface area contributed by atoms with Crippen molar-refractivity contribution in [3.05, 3.63) is 65.5 Å². The number of rotatable bonds is 5. The van der Waals surface area contributed by atoms with Crippen molar-refractivity contribution in [3.8, 4) is 0 Å². The predicted molar refractivity (Wildman–Crippen MR) is 123 cm³/mol. The summed E-state index contributed by atoms with van der Waals surface area (Å²) in [5.74, 6) is 1.28. The van der Waals surface area contributed by atoms with E-state index in [1.807, 2.05) is 12.3 Å². The number of aliphatic hydroxyl groups excluding tert-OH is 1. The molecule has 5 rings (SSSR count). The molecular weight excluding hydrogens is 431 g/mol. The average Bonchev–Trinajstić information content (AvgIpc) is 3.43. The number of halogens is 2. The van der Waals surface area contributed by atoms with Crippen LogP contribution in [-0.2, 0) is 0 Å². The average molecular weight is 457 g/mol. The Morgan fingerprint density at radius 1 is 1.19 bits per heavy atom. The lowest BCUT2D eigenvalue weighted by Gasteiger charge is -2.32. The summed E-state index contributed by atoms with van der Waals surface area (Å²) in [4.78, 5) is 9.19. The molecule has 2 saturated heterocycles. The van der Waals surface area contributed by atoms with Crippen molar-refractivity contribution in [1.29, 1.82) is 0 Å². The van der Waals surface area contributed by atoms with Crippen molar-refractivity contribution in [2.75, 3.05) is 29.9 Å². The fourth-order valence-electron chi connectivity index (χ4n) is 4.61. The van der Waals surface area contributed by atoms with E-state index in [2.05, 4.69) is 26.8 Å². The number of piperidine rings is 1. The molecule has 0 aliphatic carbocycles. The number of nitrogens with zero attached hydrogens (tertiary/aromatic N) is 5. The molecule has 0 amide bonds. The standard InChI is InChI=1S/C23H26ClFN6O/c1-15(29-10-6-17(32)7-11-29)27-20-14-26-31-12-8-22(28-23(20)31)30-9-2-3-21(30)18-13-16(25)4-5-19(18)24/h4-5,8,12-14,17,21,27,32H,1-3,6-7,9-11H2. The number of aromatic nitrogens is 3. The smallest absolute Gasteiger partial charge is 0.180 e. The maximum atomic E-state index is 13.9. The second-order valence-electron chi connectivity index (χ2n) is 8.42. The second kappa shape index (κ2) is 8.60. The van der Waals surface area contributed by atoms with Crippen molar-refractivity contribution in [2.45, 2.75) is 37.8 Å². The van der Waals surface area contributed by atoms with E-state index in [1.54, 1.807) is 16.8 Å². The van der Waals surface area contributed by atoms with Gasteiger partial charge < -0.3 is 20.2 Å². The first-order valence-electron chi connectivity index (χ1n) is 10.9. The molecule has 3 aromatic rings. The van der Waals surface area contributed by atoms with Crippen LogP contribution in [0.1, 0.15) is 37.3 Å². The van der Waals surface area contributed by atoms with Gasteiger partial charge in [-0.05, 0) is 55.5 Å². The third kappa shape index (κ3) is 4.00. The van der Waals surface area contributed by atoms with E-state index in [9.17, 15) is 9.50 Å². The summed E-state index contributed by atoms with van der Waals surface area (Å²) in [5, 5.41) is 18.1. The molecule has 1 aromatic carbocycles. The first kappa shape index (κ1) is 21.0. The largest absolute Gasteiger partial charge is 0.393 e. The van der Waals surface area contributed by atoms with Gasteiger partial charge in [0, 0.05) is 30.9 Å². The van der Waals surface area contributed by atoms with Crippen LogP contribution in [0, 0.1) is 5.82 Å². The van der Waals surface area contributed by atoms with Crippen molar-refractivity contribution in [1.82, 2.24) is 19.5 Å². The third-order valence-corrected chi connectivity index (χ3v) is 6.69. The van der Waals surface area contributed by atoms with Crippen LogP contribution in [-0.4, -0.2) is 50.3 Å². The lowest BCUT2D eigenvalue weighted by molar-refractivity contribution is 0.0979. The van der Waals surface area contributed by atoms with E-state index in [0.29, 0.717) is 10.7 Å². The van der Waals surface area contributed by atoms with Gasteiger partial charge in [0.05, 0.1) is 24.2 Å². The van der Waals surface area contributed by atoms with Crippen LogP contribution in [0.3, 0.4) is 0 Å². The van der Waals surface area contributed by atoms with Gasteiger partial charge >= 0.3 is 0 Å². The van der Waals surface area contributed by atoms with Crippen LogP contribution in [0.5, 0.6) is 0 Å². The highest BCUT2D eigenvalue weighted by molar-refractivity contribution is 6.31. The lowest BCUT2D eigenvalue weighted by atomic mass is 10.0. The highest BCUT2D eigenvalue weighted by Gasteiger charge is 2.29. The van der Waals surface area contributed by atoms with Crippen molar-refractivity contribution in [3.63, 3.8) is 0 Å². The second-order valence-corrected chi connectivity index (χ2v) is 8.83.